The van der Waals surface area contributed by atoms with Crippen LogP contribution in [0.15, 0.2) is 71.8 Å². The molecule has 4 N–H and O–H groups in total. The Morgan fingerprint density at radius 2 is 1.72 bits per heavy atom. The molecule has 0 saturated heterocycles. The highest BCUT2D eigenvalue weighted by molar-refractivity contribution is 6.14. The smallest absolute Gasteiger partial charge is 0.245 e. The van der Waals surface area contributed by atoms with Gasteiger partial charge in [-0.25, -0.2) is 0 Å². The minimum Gasteiger partial charge on any atom is -0.439 e. The molecule has 0 bridgehead atoms. The van der Waals surface area contributed by atoms with E-state index in [1.54, 1.807) is 30.5 Å². The Morgan fingerprint density at radius 3 is 2.52 bits per heavy atom. The van der Waals surface area contributed by atoms with Crippen LogP contribution < -0.4 is 11.1 Å². The van der Waals surface area contributed by atoms with Crippen molar-refractivity contribution in [2.24, 2.45) is 5.73 Å². The van der Waals surface area contributed by atoms with Gasteiger partial charge in [0, 0.05) is 33.9 Å². The lowest BCUT2D eigenvalue weighted by atomic mass is 9.68. The first kappa shape index (κ1) is 16.7. The van der Waals surface area contributed by atoms with E-state index in [1.807, 2.05) is 30.3 Å². The number of carbonyl (C=O) groups is 1. The van der Waals surface area contributed by atoms with Crippen molar-refractivity contribution < 1.29 is 9.53 Å². The van der Waals surface area contributed by atoms with E-state index in [0.29, 0.717) is 16.8 Å². The van der Waals surface area contributed by atoms with Gasteiger partial charge in [0.1, 0.15) is 17.7 Å². The quantitative estimate of drug-likeness (QED) is 0.599. The van der Waals surface area contributed by atoms with Crippen molar-refractivity contribution in [3.8, 4) is 12.1 Å². The molecule has 1 amide bonds. The predicted octanol–water partition coefficient (Wildman–Crippen LogP) is 3.02. The zero-order valence-electron chi connectivity index (χ0n) is 15.0. The number of nitrogens with two attached hydrogens (primary N) is 1. The number of anilines is 1. The zero-order chi connectivity index (χ0) is 20.2. The summed E-state index contributed by atoms with van der Waals surface area (Å²) in [7, 11) is 0. The van der Waals surface area contributed by atoms with Crippen molar-refractivity contribution >= 4 is 28.3 Å². The highest BCUT2D eigenvalue weighted by Crippen LogP contribution is 2.53. The number of nitrogens with zero attached hydrogens (tertiary/aromatic N) is 2. The van der Waals surface area contributed by atoms with Gasteiger partial charge in [0.15, 0.2) is 11.2 Å². The van der Waals surface area contributed by atoms with Gasteiger partial charge in [0.05, 0.1) is 5.57 Å². The summed E-state index contributed by atoms with van der Waals surface area (Å²) in [4.78, 5) is 16.4. The van der Waals surface area contributed by atoms with Crippen LogP contribution in [-0.4, -0.2) is 10.9 Å². The Hall–Kier alpha value is -4.49. The Balaban J connectivity index is 1.91. The first-order valence-corrected chi connectivity index (χ1v) is 8.83. The highest BCUT2D eigenvalue weighted by Gasteiger charge is 2.58. The van der Waals surface area contributed by atoms with Gasteiger partial charge in [-0.2, -0.15) is 10.5 Å². The molecule has 5 rings (SSSR count). The largest absolute Gasteiger partial charge is 0.439 e. The summed E-state index contributed by atoms with van der Waals surface area (Å²) in [6, 6.07) is 18.6. The molecule has 0 unspecified atom stereocenters. The number of hydrogen-bond donors (Lipinski definition) is 3. The average molecular weight is 379 g/mol. The van der Waals surface area contributed by atoms with Crippen LogP contribution in [0.4, 0.5) is 5.69 Å². The molecule has 2 aromatic carbocycles. The van der Waals surface area contributed by atoms with Crippen LogP contribution in [-0.2, 0) is 14.9 Å². The maximum Gasteiger partial charge on any atom is 0.245 e. The number of amides is 1. The number of para-hydroxylation sites is 2. The van der Waals surface area contributed by atoms with E-state index in [4.69, 9.17) is 10.5 Å². The maximum absolute atomic E-state index is 13.3. The van der Waals surface area contributed by atoms with Gasteiger partial charge in [0.2, 0.25) is 11.8 Å². The topological polar surface area (TPSA) is 128 Å². The molecule has 138 valence electrons. The third kappa shape index (κ3) is 1.96. The number of nitriles is 2. The van der Waals surface area contributed by atoms with Gasteiger partial charge < -0.3 is 20.8 Å². The lowest BCUT2D eigenvalue weighted by Gasteiger charge is -2.32. The Morgan fingerprint density at radius 1 is 1.00 bits per heavy atom. The van der Waals surface area contributed by atoms with Crippen molar-refractivity contribution in [1.29, 1.82) is 10.5 Å². The normalized spacial score (nSPS) is 20.3. The number of fused-ring (bicyclic) bond motifs is 3. The molecule has 3 heterocycles. The molecule has 1 spiro atoms. The molecule has 1 aromatic heterocycles. The van der Waals surface area contributed by atoms with E-state index in [0.717, 1.165) is 10.9 Å². The second kappa shape index (κ2) is 5.75. The van der Waals surface area contributed by atoms with Gasteiger partial charge in [-0.3, -0.25) is 4.79 Å². The lowest BCUT2D eigenvalue weighted by molar-refractivity contribution is -0.118. The fraction of sp³-hybridized carbons (Fsp3) is 0.0455. The first-order valence-electron chi connectivity index (χ1n) is 8.83. The molecule has 0 aliphatic carbocycles. The molecule has 2 aliphatic rings. The maximum atomic E-state index is 13.3. The van der Waals surface area contributed by atoms with Gasteiger partial charge in [-0.1, -0.05) is 36.4 Å². The second-order valence-corrected chi connectivity index (χ2v) is 6.77. The van der Waals surface area contributed by atoms with Crippen LogP contribution in [0.3, 0.4) is 0 Å². The third-order valence-electron chi connectivity index (χ3n) is 5.41. The third-order valence-corrected chi connectivity index (χ3v) is 5.41. The van der Waals surface area contributed by atoms with Crippen molar-refractivity contribution in [1.82, 2.24) is 4.98 Å². The zero-order valence-corrected chi connectivity index (χ0v) is 15.0. The van der Waals surface area contributed by atoms with Crippen molar-refractivity contribution in [3.05, 3.63) is 82.9 Å². The van der Waals surface area contributed by atoms with Crippen LogP contribution in [0.25, 0.3) is 16.7 Å². The summed E-state index contributed by atoms with van der Waals surface area (Å²) in [5.41, 5.74) is 6.86. The van der Waals surface area contributed by atoms with Gasteiger partial charge in [-0.15, -0.1) is 0 Å². The van der Waals surface area contributed by atoms with Crippen LogP contribution in [0.5, 0.6) is 0 Å². The fourth-order valence-corrected chi connectivity index (χ4v) is 4.17. The van der Waals surface area contributed by atoms with Crippen LogP contribution in [0.1, 0.15) is 11.1 Å². The van der Waals surface area contributed by atoms with E-state index in [1.165, 1.54) is 0 Å². The Bertz CT molecular complexity index is 1370. The summed E-state index contributed by atoms with van der Waals surface area (Å²) >= 11 is 0. The van der Waals surface area contributed by atoms with Gasteiger partial charge >= 0.3 is 0 Å². The van der Waals surface area contributed by atoms with E-state index in [2.05, 4.69) is 16.4 Å². The van der Waals surface area contributed by atoms with Crippen molar-refractivity contribution in [3.63, 3.8) is 0 Å². The predicted molar refractivity (Wildman–Crippen MR) is 105 cm³/mol. The molecular weight excluding hydrogens is 366 g/mol. The monoisotopic (exact) mass is 379 g/mol. The molecule has 0 fully saturated rings. The molecule has 0 radical (unpaired) electrons. The highest BCUT2D eigenvalue weighted by atomic mass is 16.5. The molecule has 1 atom stereocenters. The fourth-order valence-electron chi connectivity index (χ4n) is 4.17. The van der Waals surface area contributed by atoms with Crippen molar-refractivity contribution in [2.45, 2.75) is 5.41 Å². The lowest BCUT2D eigenvalue weighted by Crippen LogP contribution is -2.42. The molecule has 0 saturated carbocycles. The van der Waals surface area contributed by atoms with Crippen LogP contribution >= 0.6 is 0 Å². The second-order valence-electron chi connectivity index (χ2n) is 6.77. The minimum atomic E-state index is -1.66. The number of rotatable bonds is 1. The molecule has 7 heteroatoms. The number of benzene rings is 2. The summed E-state index contributed by atoms with van der Waals surface area (Å²) < 4.78 is 5.79. The number of hydrogen-bond acceptors (Lipinski definition) is 5. The minimum absolute atomic E-state index is 0.0236. The van der Waals surface area contributed by atoms with Crippen LogP contribution in [0, 0.1) is 22.7 Å². The average Bonchev–Trinajstić information content (AvgIpc) is 3.28. The first-order chi connectivity index (χ1) is 14.1. The van der Waals surface area contributed by atoms with E-state index >= 15 is 0 Å². The molecule has 2 aliphatic heterocycles. The summed E-state index contributed by atoms with van der Waals surface area (Å²) in [5, 5.41) is 23.6. The van der Waals surface area contributed by atoms with E-state index < -0.39 is 11.3 Å². The van der Waals surface area contributed by atoms with Gasteiger partial charge in [0.25, 0.3) is 0 Å². The molecule has 29 heavy (non-hydrogen) atoms. The number of aromatic amines is 1. The molecule has 7 nitrogen and oxygen atoms in total. The Kier molecular flexibility index (Phi) is 3.31. The van der Waals surface area contributed by atoms with Crippen LogP contribution in [0.2, 0.25) is 0 Å². The summed E-state index contributed by atoms with van der Waals surface area (Å²) in [6.07, 6.45) is 1.70. The SMILES string of the molecule is N#CC1=C(N)OC(c2c[nH]c3ccccc23)=C(C#N)[C@@]12C(=O)Nc1ccccc12. The van der Waals surface area contributed by atoms with E-state index in [-0.39, 0.29) is 22.8 Å². The Labute approximate surface area is 165 Å². The summed E-state index contributed by atoms with van der Waals surface area (Å²) in [6.45, 7) is 0. The molecular formula is C22H13N5O2. The standard InChI is InChI=1S/C22H13N5O2/c23-9-15-19(13-11-26-17-7-3-1-5-12(13)17)29-20(25)16(10-24)22(15)14-6-2-4-8-18(14)27-21(22)28/h1-8,11,26H,25H2,(H,27,28)/t22-/m1/s1. The molecule has 3 aromatic rings. The number of carbonyl (C=O) groups excluding carboxylic acids is 1. The number of aromatic nitrogens is 1. The van der Waals surface area contributed by atoms with E-state index in [9.17, 15) is 15.3 Å². The van der Waals surface area contributed by atoms with Gasteiger partial charge in [-0.05, 0) is 12.1 Å². The van der Waals surface area contributed by atoms with Crippen molar-refractivity contribution in [2.75, 3.05) is 5.32 Å². The summed E-state index contributed by atoms with van der Waals surface area (Å²) in [5.74, 6) is -0.540. The number of ether oxygens (including phenoxy) is 1. The number of H-pyrrole nitrogens is 1. The number of nitrogens with one attached hydrogen (secondary N) is 2.